The third-order valence-corrected chi connectivity index (χ3v) is 2.24. The Balaban J connectivity index is 3.35. The van der Waals surface area contributed by atoms with Crippen molar-refractivity contribution in [1.29, 1.82) is 0 Å². The maximum atomic E-state index is 11.2. The van der Waals surface area contributed by atoms with E-state index in [-0.39, 0.29) is 5.97 Å². The van der Waals surface area contributed by atoms with E-state index in [0.717, 1.165) is 5.82 Å². The fraction of sp³-hybridized carbons (Fsp3) is 0.636. The zero-order chi connectivity index (χ0) is 13.4. The topological polar surface area (TPSA) is 55.0 Å². The van der Waals surface area contributed by atoms with E-state index in [2.05, 4.69) is 10.2 Å². The Morgan fingerprint density at radius 2 is 1.65 bits per heavy atom. The van der Waals surface area contributed by atoms with Crippen molar-refractivity contribution in [3.63, 3.8) is 0 Å². The minimum Gasteiger partial charge on any atom is -0.411 e. The van der Waals surface area contributed by atoms with Crippen LogP contribution in [0.5, 0.6) is 5.75 Å². The predicted molar refractivity (Wildman–Crippen MR) is 69.0 cm³/mol. The van der Waals surface area contributed by atoms with Crippen molar-refractivity contribution in [1.82, 2.24) is 19.2 Å². The van der Waals surface area contributed by atoms with Crippen LogP contribution in [0.1, 0.15) is 6.92 Å². The fourth-order valence-electron chi connectivity index (χ4n) is 1.46. The Bertz CT molecular complexity index is 392. The van der Waals surface area contributed by atoms with Crippen LogP contribution < -0.4 is 13.7 Å². The standard InChI is InChI=1S/C11H22N4O2/c1-8(16)17-9-10(14(2,3)4)12-13-11(9)15(5,6)7/h1-7H3,(H,12,13)/q+2. The summed E-state index contributed by atoms with van der Waals surface area (Å²) >= 11 is 0. The molecule has 1 heterocycles. The monoisotopic (exact) mass is 242 g/mol. The molecule has 0 saturated heterocycles. The van der Waals surface area contributed by atoms with Crippen molar-refractivity contribution >= 4 is 17.6 Å². The highest BCUT2D eigenvalue weighted by atomic mass is 16.5. The van der Waals surface area contributed by atoms with Crippen LogP contribution >= 0.6 is 0 Å². The van der Waals surface area contributed by atoms with E-state index in [1.807, 2.05) is 42.3 Å². The van der Waals surface area contributed by atoms with Gasteiger partial charge in [0.15, 0.2) is 0 Å². The Kier molecular flexibility index (Phi) is 3.31. The number of nitrogens with one attached hydrogen (secondary N) is 1. The van der Waals surface area contributed by atoms with Crippen molar-refractivity contribution in [2.75, 3.05) is 42.3 Å². The molecular formula is C11H22N4O2+2. The van der Waals surface area contributed by atoms with Crippen LogP contribution in [0, 0.1) is 0 Å². The number of nitrogens with zero attached hydrogens (tertiary/aromatic N) is 3. The smallest absolute Gasteiger partial charge is 0.308 e. The number of esters is 1. The molecule has 0 aliphatic carbocycles. The maximum Gasteiger partial charge on any atom is 0.308 e. The highest BCUT2D eigenvalue weighted by Gasteiger charge is 2.34. The molecule has 1 N–H and O–H groups in total. The van der Waals surface area contributed by atoms with Gasteiger partial charge in [0, 0.05) is 6.92 Å². The molecule has 96 valence electrons. The molecule has 1 aromatic rings. The van der Waals surface area contributed by atoms with Crippen molar-refractivity contribution in [3.8, 4) is 5.75 Å². The first-order valence-corrected chi connectivity index (χ1v) is 5.44. The number of ether oxygens (including phenoxy) is 1. The lowest BCUT2D eigenvalue weighted by molar-refractivity contribution is -0.131. The van der Waals surface area contributed by atoms with E-state index in [4.69, 9.17) is 4.74 Å². The second-order valence-electron chi connectivity index (χ2n) is 5.84. The summed E-state index contributed by atoms with van der Waals surface area (Å²) in [6.45, 7) is 1.39. The first kappa shape index (κ1) is 13.7. The number of carbonyl (C=O) groups is 1. The number of hydrogen-bond acceptors (Lipinski definition) is 3. The summed E-state index contributed by atoms with van der Waals surface area (Å²) in [5.41, 5.74) is 0. The highest BCUT2D eigenvalue weighted by Crippen LogP contribution is 2.38. The van der Waals surface area contributed by atoms with Gasteiger partial charge in [-0.25, -0.2) is 5.10 Å². The number of aromatic nitrogens is 2. The van der Waals surface area contributed by atoms with E-state index in [9.17, 15) is 4.79 Å². The van der Waals surface area contributed by atoms with Gasteiger partial charge >= 0.3 is 5.97 Å². The van der Waals surface area contributed by atoms with Crippen LogP contribution in [0.3, 0.4) is 0 Å². The van der Waals surface area contributed by atoms with Crippen LogP contribution in [0.4, 0.5) is 11.6 Å². The van der Waals surface area contributed by atoms with Gasteiger partial charge in [-0.15, -0.1) is 5.10 Å². The van der Waals surface area contributed by atoms with E-state index in [1.165, 1.54) is 6.92 Å². The van der Waals surface area contributed by atoms with Crippen molar-refractivity contribution < 1.29 is 9.53 Å². The van der Waals surface area contributed by atoms with Gasteiger partial charge in [-0.3, -0.25) is 13.8 Å². The fourth-order valence-corrected chi connectivity index (χ4v) is 1.46. The van der Waals surface area contributed by atoms with Gasteiger partial charge in [0.05, 0.1) is 42.3 Å². The van der Waals surface area contributed by atoms with Gasteiger partial charge < -0.3 is 4.74 Å². The average Bonchev–Trinajstić information content (AvgIpc) is 2.43. The van der Waals surface area contributed by atoms with Crippen molar-refractivity contribution in [2.24, 2.45) is 0 Å². The van der Waals surface area contributed by atoms with Crippen LogP contribution in [-0.4, -0.2) is 58.5 Å². The van der Waals surface area contributed by atoms with Crippen molar-refractivity contribution in [3.05, 3.63) is 0 Å². The lowest BCUT2D eigenvalue weighted by Crippen LogP contribution is -2.37. The molecule has 0 radical (unpaired) electrons. The van der Waals surface area contributed by atoms with E-state index >= 15 is 0 Å². The SMILES string of the molecule is CC(=O)Oc1c([N+](C)(C)C)n[nH]c1[N+](C)(C)C. The number of carbonyl (C=O) groups excluding carboxylic acids is 1. The molecule has 0 fully saturated rings. The molecular weight excluding hydrogens is 220 g/mol. The molecule has 17 heavy (non-hydrogen) atoms. The largest absolute Gasteiger partial charge is 0.411 e. The average molecular weight is 242 g/mol. The molecule has 0 atom stereocenters. The minimum atomic E-state index is -0.337. The van der Waals surface area contributed by atoms with Gasteiger partial charge in [-0.1, -0.05) is 0 Å². The first-order valence-electron chi connectivity index (χ1n) is 5.44. The first-order chi connectivity index (χ1) is 7.53. The lowest BCUT2D eigenvalue weighted by atomic mass is 10.4. The molecule has 0 unspecified atom stereocenters. The van der Waals surface area contributed by atoms with Crippen LogP contribution in [0.15, 0.2) is 0 Å². The molecule has 6 heteroatoms. The minimum absolute atomic E-state index is 0.337. The number of H-pyrrole nitrogens is 1. The number of quaternary nitrogens is 2. The molecule has 1 rings (SSSR count). The summed E-state index contributed by atoms with van der Waals surface area (Å²) < 4.78 is 6.30. The van der Waals surface area contributed by atoms with E-state index in [0.29, 0.717) is 20.5 Å². The highest BCUT2D eigenvalue weighted by molar-refractivity contribution is 5.75. The second-order valence-corrected chi connectivity index (χ2v) is 5.84. The molecule has 0 aliphatic rings. The molecule has 0 amide bonds. The summed E-state index contributed by atoms with van der Waals surface area (Å²) in [5.74, 6) is 1.68. The summed E-state index contributed by atoms with van der Waals surface area (Å²) in [7, 11) is 11.9. The zero-order valence-electron chi connectivity index (χ0n) is 11.7. The molecule has 1 aromatic heterocycles. The Morgan fingerprint density at radius 3 is 2.00 bits per heavy atom. The van der Waals surface area contributed by atoms with Gasteiger partial charge in [-0.05, 0) is 0 Å². The number of hydrogen-bond donors (Lipinski definition) is 1. The summed E-state index contributed by atoms with van der Waals surface area (Å²) in [5, 5.41) is 7.22. The quantitative estimate of drug-likeness (QED) is 0.628. The van der Waals surface area contributed by atoms with Crippen molar-refractivity contribution in [2.45, 2.75) is 6.92 Å². The van der Waals surface area contributed by atoms with Gasteiger partial charge in [-0.2, -0.15) is 0 Å². The molecule has 0 spiro atoms. The lowest BCUT2D eigenvalue weighted by Gasteiger charge is -2.23. The van der Waals surface area contributed by atoms with Crippen LogP contribution in [0.25, 0.3) is 0 Å². The Labute approximate surface area is 102 Å². The molecule has 0 saturated carbocycles. The number of rotatable bonds is 3. The molecule has 0 bridgehead atoms. The Morgan fingerprint density at radius 1 is 1.12 bits per heavy atom. The normalized spacial score (nSPS) is 12.6. The van der Waals surface area contributed by atoms with E-state index < -0.39 is 0 Å². The summed E-state index contributed by atoms with van der Waals surface area (Å²) in [6.07, 6.45) is 0. The zero-order valence-corrected chi connectivity index (χ0v) is 11.7. The van der Waals surface area contributed by atoms with E-state index in [1.54, 1.807) is 0 Å². The van der Waals surface area contributed by atoms with Crippen LogP contribution in [-0.2, 0) is 4.79 Å². The molecule has 6 nitrogen and oxygen atoms in total. The number of aromatic amines is 1. The van der Waals surface area contributed by atoms with Gasteiger partial charge in [0.25, 0.3) is 17.4 Å². The molecule has 0 aromatic carbocycles. The van der Waals surface area contributed by atoms with Crippen LogP contribution in [0.2, 0.25) is 0 Å². The maximum absolute atomic E-state index is 11.2. The third-order valence-electron chi connectivity index (χ3n) is 2.24. The predicted octanol–water partition coefficient (Wildman–Crippen LogP) is 0.728. The second kappa shape index (κ2) is 4.12. The molecule has 0 aliphatic heterocycles. The van der Waals surface area contributed by atoms with Gasteiger partial charge in [0.1, 0.15) is 0 Å². The third kappa shape index (κ3) is 3.04. The van der Waals surface area contributed by atoms with Gasteiger partial charge in [0.2, 0.25) is 0 Å². The summed E-state index contributed by atoms with van der Waals surface area (Å²) in [4.78, 5) is 11.2. The Hall–Kier alpha value is -1.40. The summed E-state index contributed by atoms with van der Waals surface area (Å²) in [6, 6.07) is 0.